The zero-order chi connectivity index (χ0) is 13.0. The molecule has 19 heavy (non-hydrogen) atoms. The first kappa shape index (κ1) is 15.9. The summed E-state index contributed by atoms with van der Waals surface area (Å²) in [4.78, 5) is 11.7. The Labute approximate surface area is 117 Å². The van der Waals surface area contributed by atoms with Crippen molar-refractivity contribution >= 4 is 18.3 Å². The molecular weight excluding hydrogens is 274 g/mol. The van der Waals surface area contributed by atoms with Gasteiger partial charge in [0, 0.05) is 11.6 Å². The molecule has 0 aliphatic carbocycles. The average Bonchev–Trinajstić information content (AvgIpc) is 2.35. The fraction of sp³-hybridized carbons (Fsp3) is 0.462. The predicted molar refractivity (Wildman–Crippen MR) is 71.3 cm³/mol. The van der Waals surface area contributed by atoms with Crippen LogP contribution >= 0.6 is 12.4 Å². The maximum atomic E-state index is 13.4. The van der Waals surface area contributed by atoms with Crippen molar-refractivity contribution in [1.29, 1.82) is 0 Å². The topological polar surface area (TPSA) is 41.1 Å². The third kappa shape index (κ3) is 4.76. The Morgan fingerprint density at radius 1 is 1.32 bits per heavy atom. The molecule has 6 heteroatoms. The lowest BCUT2D eigenvalue weighted by molar-refractivity contribution is -0.121. The summed E-state index contributed by atoms with van der Waals surface area (Å²) >= 11 is 0. The molecule has 1 aromatic carbocycles. The highest BCUT2D eigenvalue weighted by atomic mass is 35.5. The molecule has 0 unspecified atom stereocenters. The minimum absolute atomic E-state index is 0. The van der Waals surface area contributed by atoms with Gasteiger partial charge in [-0.1, -0.05) is 0 Å². The largest absolute Gasteiger partial charge is 0.353 e. The number of piperidine rings is 1. The number of hydrogen-bond donors (Lipinski definition) is 2. The minimum atomic E-state index is -0.545. The second-order valence-corrected chi connectivity index (χ2v) is 4.50. The van der Waals surface area contributed by atoms with Crippen molar-refractivity contribution in [3.05, 3.63) is 35.4 Å². The van der Waals surface area contributed by atoms with Gasteiger partial charge in [0.1, 0.15) is 11.6 Å². The zero-order valence-corrected chi connectivity index (χ0v) is 11.2. The summed E-state index contributed by atoms with van der Waals surface area (Å²) in [6, 6.07) is 3.29. The summed E-state index contributed by atoms with van der Waals surface area (Å²) in [6.45, 7) is 1.75. The maximum absolute atomic E-state index is 13.4. The Kier molecular flexibility index (Phi) is 6.18. The molecule has 0 spiro atoms. The van der Waals surface area contributed by atoms with Crippen molar-refractivity contribution in [2.75, 3.05) is 13.1 Å². The van der Waals surface area contributed by atoms with E-state index in [-0.39, 0.29) is 36.3 Å². The average molecular weight is 291 g/mol. The molecule has 1 aromatic rings. The standard InChI is InChI=1S/C13H16F2N2O.ClH/c14-10-1-2-12(15)9(7-10)8-13(18)17-11-3-5-16-6-4-11;/h1-2,7,11,16H,3-6,8H2,(H,17,18);1H. The molecule has 1 aliphatic rings. The summed E-state index contributed by atoms with van der Waals surface area (Å²) in [6.07, 6.45) is 1.63. The Morgan fingerprint density at radius 3 is 2.68 bits per heavy atom. The van der Waals surface area contributed by atoms with E-state index in [0.717, 1.165) is 44.1 Å². The van der Waals surface area contributed by atoms with Crippen LogP contribution in [0.3, 0.4) is 0 Å². The maximum Gasteiger partial charge on any atom is 0.224 e. The van der Waals surface area contributed by atoms with Gasteiger partial charge in [0.15, 0.2) is 0 Å². The van der Waals surface area contributed by atoms with E-state index in [1.807, 2.05) is 0 Å². The van der Waals surface area contributed by atoms with E-state index in [2.05, 4.69) is 10.6 Å². The summed E-state index contributed by atoms with van der Waals surface area (Å²) in [5.41, 5.74) is 0.0986. The number of hydrogen-bond acceptors (Lipinski definition) is 2. The molecule has 2 rings (SSSR count). The van der Waals surface area contributed by atoms with E-state index in [1.165, 1.54) is 0 Å². The summed E-state index contributed by atoms with van der Waals surface area (Å²) in [5, 5.41) is 6.04. The van der Waals surface area contributed by atoms with E-state index in [9.17, 15) is 13.6 Å². The van der Waals surface area contributed by atoms with Crippen molar-refractivity contribution in [2.24, 2.45) is 0 Å². The predicted octanol–water partition coefficient (Wildman–Crippen LogP) is 1.80. The molecule has 0 radical (unpaired) electrons. The van der Waals surface area contributed by atoms with Gasteiger partial charge in [-0.05, 0) is 44.1 Å². The first-order chi connectivity index (χ1) is 8.65. The number of amides is 1. The molecule has 0 bridgehead atoms. The van der Waals surface area contributed by atoms with E-state index in [0.29, 0.717) is 0 Å². The number of benzene rings is 1. The monoisotopic (exact) mass is 290 g/mol. The van der Waals surface area contributed by atoms with Crippen molar-refractivity contribution in [2.45, 2.75) is 25.3 Å². The van der Waals surface area contributed by atoms with E-state index < -0.39 is 11.6 Å². The van der Waals surface area contributed by atoms with Gasteiger partial charge in [-0.25, -0.2) is 8.78 Å². The van der Waals surface area contributed by atoms with Gasteiger partial charge in [-0.15, -0.1) is 12.4 Å². The van der Waals surface area contributed by atoms with E-state index in [1.54, 1.807) is 0 Å². The highest BCUT2D eigenvalue weighted by molar-refractivity contribution is 5.85. The number of halogens is 3. The van der Waals surface area contributed by atoms with Crippen LogP contribution in [0, 0.1) is 11.6 Å². The lowest BCUT2D eigenvalue weighted by atomic mass is 10.1. The van der Waals surface area contributed by atoms with Crippen LogP contribution < -0.4 is 10.6 Å². The highest BCUT2D eigenvalue weighted by Gasteiger charge is 2.16. The minimum Gasteiger partial charge on any atom is -0.353 e. The van der Waals surface area contributed by atoms with Crippen LogP contribution in [0.25, 0.3) is 0 Å². The quantitative estimate of drug-likeness (QED) is 0.891. The number of carbonyl (C=O) groups is 1. The van der Waals surface area contributed by atoms with Gasteiger partial charge in [0.05, 0.1) is 6.42 Å². The molecule has 3 nitrogen and oxygen atoms in total. The Hall–Kier alpha value is -1.20. The molecule has 0 aromatic heterocycles. The van der Waals surface area contributed by atoms with Crippen LogP contribution in [0.1, 0.15) is 18.4 Å². The van der Waals surface area contributed by atoms with Crippen LogP contribution in [-0.2, 0) is 11.2 Å². The van der Waals surface area contributed by atoms with Crippen molar-refractivity contribution in [3.8, 4) is 0 Å². The SMILES string of the molecule is Cl.O=C(Cc1cc(F)ccc1F)NC1CCNCC1. The smallest absolute Gasteiger partial charge is 0.224 e. The normalized spacial score (nSPS) is 15.7. The lowest BCUT2D eigenvalue weighted by Crippen LogP contribution is -2.43. The van der Waals surface area contributed by atoms with E-state index >= 15 is 0 Å². The third-order valence-electron chi connectivity index (χ3n) is 3.06. The molecule has 0 atom stereocenters. The van der Waals surface area contributed by atoms with Gasteiger partial charge in [0.2, 0.25) is 5.91 Å². The van der Waals surface area contributed by atoms with Crippen molar-refractivity contribution in [3.63, 3.8) is 0 Å². The number of rotatable bonds is 3. The van der Waals surface area contributed by atoms with Crippen molar-refractivity contribution < 1.29 is 13.6 Å². The molecule has 1 aliphatic heterocycles. The van der Waals surface area contributed by atoms with Gasteiger partial charge in [-0.2, -0.15) is 0 Å². The number of nitrogens with one attached hydrogen (secondary N) is 2. The molecule has 0 saturated carbocycles. The van der Waals surface area contributed by atoms with Crippen LogP contribution in [0.4, 0.5) is 8.78 Å². The van der Waals surface area contributed by atoms with Gasteiger partial charge < -0.3 is 10.6 Å². The molecule has 1 amide bonds. The molecule has 2 N–H and O–H groups in total. The Bertz CT molecular complexity index is 437. The molecule has 1 heterocycles. The first-order valence-corrected chi connectivity index (χ1v) is 6.09. The summed E-state index contributed by atoms with van der Waals surface area (Å²) in [5.74, 6) is -1.33. The summed E-state index contributed by atoms with van der Waals surface area (Å²) in [7, 11) is 0. The van der Waals surface area contributed by atoms with Crippen LogP contribution in [0.15, 0.2) is 18.2 Å². The third-order valence-corrected chi connectivity index (χ3v) is 3.06. The van der Waals surface area contributed by atoms with Crippen molar-refractivity contribution in [1.82, 2.24) is 10.6 Å². The Morgan fingerprint density at radius 2 is 2.00 bits per heavy atom. The number of carbonyl (C=O) groups excluding carboxylic acids is 1. The Balaban J connectivity index is 0.00000180. The fourth-order valence-electron chi connectivity index (χ4n) is 2.10. The van der Waals surface area contributed by atoms with Gasteiger partial charge in [-0.3, -0.25) is 4.79 Å². The molecule has 1 fully saturated rings. The van der Waals surface area contributed by atoms with Gasteiger partial charge in [0.25, 0.3) is 0 Å². The fourth-order valence-corrected chi connectivity index (χ4v) is 2.10. The first-order valence-electron chi connectivity index (χ1n) is 6.09. The zero-order valence-electron chi connectivity index (χ0n) is 10.4. The second-order valence-electron chi connectivity index (χ2n) is 4.50. The summed E-state index contributed by atoms with van der Waals surface area (Å²) < 4.78 is 26.3. The van der Waals surface area contributed by atoms with Crippen LogP contribution in [0.2, 0.25) is 0 Å². The molecule has 1 saturated heterocycles. The van der Waals surface area contributed by atoms with Gasteiger partial charge >= 0.3 is 0 Å². The van der Waals surface area contributed by atoms with Crippen LogP contribution in [-0.4, -0.2) is 25.0 Å². The van der Waals surface area contributed by atoms with E-state index in [4.69, 9.17) is 0 Å². The molecule has 106 valence electrons. The molecular formula is C13H17ClF2N2O. The lowest BCUT2D eigenvalue weighted by Gasteiger charge is -2.23. The highest BCUT2D eigenvalue weighted by Crippen LogP contribution is 2.11. The second kappa shape index (κ2) is 7.40. The van der Waals surface area contributed by atoms with Crippen LogP contribution in [0.5, 0.6) is 0 Å².